The van der Waals surface area contributed by atoms with Gasteiger partial charge in [0.05, 0.1) is 6.20 Å². The van der Waals surface area contributed by atoms with Crippen molar-refractivity contribution in [1.29, 1.82) is 0 Å². The highest BCUT2D eigenvalue weighted by Gasteiger charge is 2.28. The largest absolute Gasteiger partial charge is 0.405 e. The zero-order chi connectivity index (χ0) is 9.90. The van der Waals surface area contributed by atoms with Crippen LogP contribution in [0.15, 0.2) is 6.20 Å². The van der Waals surface area contributed by atoms with Crippen LogP contribution in [0.1, 0.15) is 10.5 Å². The minimum Gasteiger partial charge on any atom is -0.341 e. The number of amides is 1. The lowest BCUT2D eigenvalue weighted by molar-refractivity contribution is -0.123. The highest BCUT2D eigenvalue weighted by Crippen LogP contribution is 2.12. The zero-order valence-electron chi connectivity index (χ0n) is 6.22. The molecule has 1 aromatic rings. The van der Waals surface area contributed by atoms with Gasteiger partial charge in [-0.1, -0.05) is 0 Å². The number of halogens is 3. The van der Waals surface area contributed by atoms with Gasteiger partial charge in [0.2, 0.25) is 0 Å². The Kier molecular flexibility index (Phi) is 2.49. The first kappa shape index (κ1) is 9.49. The SMILES string of the molecule is O=C(NCC(F)(F)F)c1cn[nH]n1. The van der Waals surface area contributed by atoms with Crippen molar-refractivity contribution >= 4 is 5.91 Å². The Labute approximate surface area is 70.3 Å². The third kappa shape index (κ3) is 3.09. The van der Waals surface area contributed by atoms with Crippen LogP contribution in [-0.2, 0) is 0 Å². The average molecular weight is 194 g/mol. The van der Waals surface area contributed by atoms with Crippen LogP contribution in [-0.4, -0.2) is 34.0 Å². The highest BCUT2D eigenvalue weighted by molar-refractivity contribution is 5.91. The van der Waals surface area contributed by atoms with Gasteiger partial charge in [-0.2, -0.15) is 28.6 Å². The first-order valence-electron chi connectivity index (χ1n) is 3.20. The maximum Gasteiger partial charge on any atom is 0.405 e. The lowest BCUT2D eigenvalue weighted by atomic mass is 10.4. The van der Waals surface area contributed by atoms with E-state index in [1.54, 1.807) is 5.32 Å². The molecule has 8 heteroatoms. The number of hydrogen-bond acceptors (Lipinski definition) is 3. The second-order valence-corrected chi connectivity index (χ2v) is 2.15. The van der Waals surface area contributed by atoms with Gasteiger partial charge in [0.1, 0.15) is 6.54 Å². The van der Waals surface area contributed by atoms with E-state index in [9.17, 15) is 18.0 Å². The molecule has 1 amide bonds. The maximum absolute atomic E-state index is 11.6. The quantitative estimate of drug-likeness (QED) is 0.701. The topological polar surface area (TPSA) is 70.7 Å². The van der Waals surface area contributed by atoms with Crippen molar-refractivity contribution in [2.75, 3.05) is 6.54 Å². The van der Waals surface area contributed by atoms with E-state index in [-0.39, 0.29) is 5.69 Å². The van der Waals surface area contributed by atoms with E-state index in [4.69, 9.17) is 0 Å². The fraction of sp³-hybridized carbons (Fsp3) is 0.400. The van der Waals surface area contributed by atoms with Gasteiger partial charge in [-0.25, -0.2) is 0 Å². The molecule has 72 valence electrons. The van der Waals surface area contributed by atoms with E-state index in [1.165, 1.54) is 0 Å². The molecule has 5 nitrogen and oxygen atoms in total. The van der Waals surface area contributed by atoms with E-state index < -0.39 is 18.6 Å². The van der Waals surface area contributed by atoms with Crippen LogP contribution < -0.4 is 5.32 Å². The van der Waals surface area contributed by atoms with E-state index in [0.717, 1.165) is 6.20 Å². The van der Waals surface area contributed by atoms with Gasteiger partial charge in [-0.15, -0.1) is 0 Å². The molecule has 0 unspecified atom stereocenters. The predicted octanol–water partition coefficient (Wildman–Crippen LogP) is 0.0968. The van der Waals surface area contributed by atoms with E-state index >= 15 is 0 Å². The number of carbonyl (C=O) groups is 1. The molecule has 0 spiro atoms. The number of aromatic nitrogens is 3. The van der Waals surface area contributed by atoms with Crippen LogP contribution in [0.3, 0.4) is 0 Å². The van der Waals surface area contributed by atoms with Crippen molar-refractivity contribution in [3.63, 3.8) is 0 Å². The Morgan fingerprint density at radius 1 is 1.62 bits per heavy atom. The van der Waals surface area contributed by atoms with Crippen molar-refractivity contribution < 1.29 is 18.0 Å². The third-order valence-corrected chi connectivity index (χ3v) is 1.10. The number of aromatic amines is 1. The number of rotatable bonds is 2. The number of carbonyl (C=O) groups excluding carboxylic acids is 1. The standard InChI is InChI=1S/C5H5F3N4O/c6-5(7,8)2-9-4(13)3-1-10-12-11-3/h1H,2H2,(H,9,13)(H,10,11,12). The highest BCUT2D eigenvalue weighted by atomic mass is 19.4. The number of alkyl halides is 3. The molecule has 2 N–H and O–H groups in total. The zero-order valence-corrected chi connectivity index (χ0v) is 6.22. The smallest absolute Gasteiger partial charge is 0.341 e. The van der Waals surface area contributed by atoms with Gasteiger partial charge >= 0.3 is 6.18 Å². The summed E-state index contributed by atoms with van der Waals surface area (Å²) in [6.45, 7) is -1.38. The van der Waals surface area contributed by atoms with Crippen LogP contribution in [0.25, 0.3) is 0 Å². The molecule has 13 heavy (non-hydrogen) atoms. The van der Waals surface area contributed by atoms with Crippen molar-refractivity contribution in [3.05, 3.63) is 11.9 Å². The van der Waals surface area contributed by atoms with E-state index in [2.05, 4.69) is 15.4 Å². The lowest BCUT2D eigenvalue weighted by Gasteiger charge is -2.05. The molecule has 0 radical (unpaired) electrons. The molecule has 0 aromatic carbocycles. The second-order valence-electron chi connectivity index (χ2n) is 2.15. The lowest BCUT2D eigenvalue weighted by Crippen LogP contribution is -2.33. The van der Waals surface area contributed by atoms with Crippen molar-refractivity contribution in [3.8, 4) is 0 Å². The van der Waals surface area contributed by atoms with Gasteiger partial charge in [0.25, 0.3) is 5.91 Å². The predicted molar refractivity (Wildman–Crippen MR) is 34.8 cm³/mol. The maximum atomic E-state index is 11.6. The fourth-order valence-electron chi connectivity index (χ4n) is 0.582. The van der Waals surface area contributed by atoms with Crippen molar-refractivity contribution in [2.45, 2.75) is 6.18 Å². The number of H-pyrrole nitrogens is 1. The van der Waals surface area contributed by atoms with Gasteiger partial charge in [-0.05, 0) is 0 Å². The molecule has 0 fully saturated rings. The Morgan fingerprint density at radius 2 is 2.31 bits per heavy atom. The normalized spacial score (nSPS) is 11.3. The molecule has 1 aromatic heterocycles. The van der Waals surface area contributed by atoms with Crippen LogP contribution in [0.5, 0.6) is 0 Å². The van der Waals surface area contributed by atoms with Gasteiger partial charge in [-0.3, -0.25) is 4.79 Å². The Balaban J connectivity index is 2.44. The van der Waals surface area contributed by atoms with Crippen LogP contribution >= 0.6 is 0 Å². The van der Waals surface area contributed by atoms with Crippen LogP contribution in [0.4, 0.5) is 13.2 Å². The number of nitrogens with zero attached hydrogens (tertiary/aromatic N) is 2. The molecule has 1 rings (SSSR count). The minimum atomic E-state index is -4.42. The minimum absolute atomic E-state index is 0.177. The Morgan fingerprint density at radius 3 is 2.77 bits per heavy atom. The first-order chi connectivity index (χ1) is 5.99. The number of nitrogens with one attached hydrogen (secondary N) is 2. The molecule has 0 bridgehead atoms. The molecule has 0 aliphatic carbocycles. The fourth-order valence-corrected chi connectivity index (χ4v) is 0.582. The summed E-state index contributed by atoms with van der Waals surface area (Å²) in [6.07, 6.45) is -3.38. The number of hydrogen-bond donors (Lipinski definition) is 2. The summed E-state index contributed by atoms with van der Waals surface area (Å²) < 4.78 is 34.8. The molecule has 0 aliphatic heterocycles. The summed E-state index contributed by atoms with van der Waals surface area (Å²) in [5.74, 6) is -0.911. The third-order valence-electron chi connectivity index (χ3n) is 1.10. The molecular formula is C5H5F3N4O. The summed E-state index contributed by atoms with van der Waals surface area (Å²) in [5.41, 5.74) is -0.177. The monoisotopic (exact) mass is 194 g/mol. The molecule has 0 aliphatic rings. The first-order valence-corrected chi connectivity index (χ1v) is 3.20. The summed E-state index contributed by atoms with van der Waals surface area (Å²) >= 11 is 0. The van der Waals surface area contributed by atoms with Gasteiger partial charge < -0.3 is 5.32 Å². The average Bonchev–Trinajstić information content (AvgIpc) is 2.50. The Bertz CT molecular complexity index is 280. The summed E-state index contributed by atoms with van der Waals surface area (Å²) in [4.78, 5) is 10.8. The van der Waals surface area contributed by atoms with E-state index in [0.29, 0.717) is 0 Å². The van der Waals surface area contributed by atoms with Crippen molar-refractivity contribution in [1.82, 2.24) is 20.7 Å². The molecule has 1 heterocycles. The molecule has 0 saturated carbocycles. The van der Waals surface area contributed by atoms with E-state index in [1.807, 2.05) is 0 Å². The summed E-state index contributed by atoms with van der Waals surface area (Å²) in [6, 6.07) is 0. The Hall–Kier alpha value is -1.60. The molecular weight excluding hydrogens is 189 g/mol. The summed E-state index contributed by atoms with van der Waals surface area (Å²) in [5, 5.41) is 10.3. The van der Waals surface area contributed by atoms with Gasteiger partial charge in [0, 0.05) is 0 Å². The second kappa shape index (κ2) is 3.42. The molecule has 0 saturated heterocycles. The van der Waals surface area contributed by atoms with Gasteiger partial charge in [0.15, 0.2) is 5.69 Å². The van der Waals surface area contributed by atoms with Crippen LogP contribution in [0.2, 0.25) is 0 Å². The molecule has 0 atom stereocenters. The summed E-state index contributed by atoms with van der Waals surface area (Å²) in [7, 11) is 0. The van der Waals surface area contributed by atoms with Crippen molar-refractivity contribution in [2.24, 2.45) is 0 Å². The van der Waals surface area contributed by atoms with Crippen LogP contribution in [0, 0.1) is 0 Å².